The first-order valence-corrected chi connectivity index (χ1v) is 5.21. The van der Waals surface area contributed by atoms with Gasteiger partial charge in [0.05, 0.1) is 0 Å². The molecule has 1 rings (SSSR count). The summed E-state index contributed by atoms with van der Waals surface area (Å²) in [7, 11) is 0. The van der Waals surface area contributed by atoms with Gasteiger partial charge in [-0.2, -0.15) is 0 Å². The minimum Gasteiger partial charge on any atom is -0.312 e. The van der Waals surface area contributed by atoms with Crippen molar-refractivity contribution in [2.75, 3.05) is 5.32 Å². The Labute approximate surface area is 96.6 Å². The lowest BCUT2D eigenvalue weighted by Gasteiger charge is -2.13. The van der Waals surface area contributed by atoms with Crippen LogP contribution in [0.25, 0.3) is 0 Å². The summed E-state index contributed by atoms with van der Waals surface area (Å²) in [4.78, 5) is 11.5. The second-order valence-corrected chi connectivity index (χ2v) is 4.13. The lowest BCUT2D eigenvalue weighted by atomic mass is 10.1. The van der Waals surface area contributed by atoms with Crippen LogP contribution in [-0.4, -0.2) is 6.03 Å². The number of amides is 2. The Morgan fingerprint density at radius 3 is 2.12 bits per heavy atom. The fraction of sp³-hybridized carbons (Fsp3) is 0.308. The van der Waals surface area contributed by atoms with Gasteiger partial charge in [0.2, 0.25) is 0 Å². The molecular weight excluding hydrogens is 200 g/mol. The van der Waals surface area contributed by atoms with Crippen molar-refractivity contribution in [3.8, 4) is 0 Å². The average molecular weight is 218 g/mol. The van der Waals surface area contributed by atoms with Crippen molar-refractivity contribution >= 4 is 11.7 Å². The summed E-state index contributed by atoms with van der Waals surface area (Å²) in [6.45, 7) is 11.4. The van der Waals surface area contributed by atoms with E-state index in [0.717, 1.165) is 16.8 Å². The van der Waals surface area contributed by atoms with E-state index in [-0.39, 0.29) is 6.03 Å². The molecule has 0 fully saturated rings. The van der Waals surface area contributed by atoms with Gasteiger partial charge in [0, 0.05) is 11.4 Å². The number of carbonyl (C=O) groups is 1. The second kappa shape index (κ2) is 4.84. The molecule has 0 unspecified atom stereocenters. The standard InChI is InChI=1S/C13H18N2O/c1-8(2)14-13(16)15-12-10(4)6-9(3)7-11(12)5/h6-7H,1H2,2-5H3,(H2,14,15,16). The fourth-order valence-electron chi connectivity index (χ4n) is 1.72. The molecule has 1 aromatic rings. The van der Waals surface area contributed by atoms with Crippen molar-refractivity contribution in [1.29, 1.82) is 0 Å². The van der Waals surface area contributed by atoms with E-state index in [0.29, 0.717) is 5.70 Å². The highest BCUT2D eigenvalue weighted by Gasteiger charge is 2.07. The molecule has 0 radical (unpaired) electrons. The SMILES string of the molecule is C=C(C)NC(=O)Nc1c(C)cc(C)cc1C. The highest BCUT2D eigenvalue weighted by atomic mass is 16.2. The number of carbonyl (C=O) groups excluding carboxylic acids is 1. The molecule has 2 N–H and O–H groups in total. The van der Waals surface area contributed by atoms with E-state index in [1.54, 1.807) is 6.92 Å². The molecule has 1 aromatic carbocycles. The third-order valence-electron chi connectivity index (χ3n) is 2.24. The van der Waals surface area contributed by atoms with Crippen LogP contribution < -0.4 is 10.6 Å². The maximum absolute atomic E-state index is 11.5. The maximum atomic E-state index is 11.5. The van der Waals surface area contributed by atoms with Crippen molar-refractivity contribution in [3.05, 3.63) is 41.1 Å². The van der Waals surface area contributed by atoms with Gasteiger partial charge < -0.3 is 10.6 Å². The zero-order chi connectivity index (χ0) is 12.3. The topological polar surface area (TPSA) is 41.1 Å². The number of aryl methyl sites for hydroxylation is 3. The number of benzene rings is 1. The number of nitrogens with one attached hydrogen (secondary N) is 2. The molecule has 0 aromatic heterocycles. The van der Waals surface area contributed by atoms with E-state index < -0.39 is 0 Å². The molecule has 0 spiro atoms. The van der Waals surface area contributed by atoms with Gasteiger partial charge in [0.15, 0.2) is 0 Å². The van der Waals surface area contributed by atoms with Gasteiger partial charge in [-0.15, -0.1) is 0 Å². The lowest BCUT2D eigenvalue weighted by molar-refractivity contribution is 0.254. The average Bonchev–Trinajstić information content (AvgIpc) is 2.09. The molecule has 0 aliphatic carbocycles. The molecule has 16 heavy (non-hydrogen) atoms. The minimum absolute atomic E-state index is 0.248. The Balaban J connectivity index is 2.89. The largest absolute Gasteiger partial charge is 0.323 e. The molecule has 0 atom stereocenters. The van der Waals surface area contributed by atoms with Gasteiger partial charge in [-0.25, -0.2) is 4.79 Å². The third kappa shape index (κ3) is 3.12. The number of hydrogen-bond acceptors (Lipinski definition) is 1. The van der Waals surface area contributed by atoms with Gasteiger partial charge >= 0.3 is 6.03 Å². The quantitative estimate of drug-likeness (QED) is 0.786. The molecule has 3 nitrogen and oxygen atoms in total. The minimum atomic E-state index is -0.248. The number of allylic oxidation sites excluding steroid dienone is 1. The van der Waals surface area contributed by atoms with E-state index >= 15 is 0 Å². The van der Waals surface area contributed by atoms with Gasteiger partial charge in [-0.3, -0.25) is 0 Å². The summed E-state index contributed by atoms with van der Waals surface area (Å²) in [5, 5.41) is 5.44. The molecule has 86 valence electrons. The number of rotatable bonds is 2. The Morgan fingerprint density at radius 2 is 1.69 bits per heavy atom. The predicted molar refractivity (Wildman–Crippen MR) is 67.6 cm³/mol. The van der Waals surface area contributed by atoms with Gasteiger partial charge in [0.1, 0.15) is 0 Å². The van der Waals surface area contributed by atoms with E-state index in [1.165, 1.54) is 5.56 Å². The molecule has 0 saturated carbocycles. The highest BCUT2D eigenvalue weighted by molar-refractivity contribution is 5.92. The van der Waals surface area contributed by atoms with Crippen molar-refractivity contribution in [2.45, 2.75) is 27.7 Å². The molecule has 0 aliphatic heterocycles. The van der Waals surface area contributed by atoms with E-state index in [4.69, 9.17) is 0 Å². The summed E-state index contributed by atoms with van der Waals surface area (Å²) < 4.78 is 0. The Hall–Kier alpha value is -1.77. The van der Waals surface area contributed by atoms with E-state index in [2.05, 4.69) is 17.2 Å². The van der Waals surface area contributed by atoms with E-state index in [9.17, 15) is 4.79 Å². The smallest absolute Gasteiger partial charge is 0.312 e. The van der Waals surface area contributed by atoms with Gasteiger partial charge in [0.25, 0.3) is 0 Å². The summed E-state index contributed by atoms with van der Waals surface area (Å²) in [6, 6.07) is 3.84. The molecule has 0 aliphatic rings. The maximum Gasteiger partial charge on any atom is 0.323 e. The third-order valence-corrected chi connectivity index (χ3v) is 2.24. The van der Waals surface area contributed by atoms with Crippen molar-refractivity contribution in [2.24, 2.45) is 0 Å². The van der Waals surface area contributed by atoms with Crippen LogP contribution >= 0.6 is 0 Å². The molecule has 0 heterocycles. The molecule has 3 heteroatoms. The number of urea groups is 1. The zero-order valence-electron chi connectivity index (χ0n) is 10.3. The summed E-state index contributed by atoms with van der Waals surface area (Å²) in [5.41, 5.74) is 4.81. The molecule has 0 saturated heterocycles. The lowest BCUT2D eigenvalue weighted by Crippen LogP contribution is -2.27. The Morgan fingerprint density at radius 1 is 1.19 bits per heavy atom. The molecule has 0 bridgehead atoms. The predicted octanol–water partition coefficient (Wildman–Crippen LogP) is 3.27. The molecule has 2 amide bonds. The molecular formula is C13H18N2O. The monoisotopic (exact) mass is 218 g/mol. The zero-order valence-corrected chi connectivity index (χ0v) is 10.3. The van der Waals surface area contributed by atoms with Crippen LogP contribution in [0.5, 0.6) is 0 Å². The Bertz CT molecular complexity index is 413. The van der Waals surface area contributed by atoms with Crippen LogP contribution in [0, 0.1) is 20.8 Å². The summed E-state index contributed by atoms with van der Waals surface area (Å²) >= 11 is 0. The van der Waals surface area contributed by atoms with Gasteiger partial charge in [-0.05, 0) is 38.8 Å². The first-order chi connectivity index (χ1) is 7.40. The van der Waals surface area contributed by atoms with Crippen molar-refractivity contribution < 1.29 is 4.79 Å². The van der Waals surface area contributed by atoms with Crippen LogP contribution in [0.3, 0.4) is 0 Å². The van der Waals surface area contributed by atoms with Crippen molar-refractivity contribution in [3.63, 3.8) is 0 Å². The normalized spacial score (nSPS) is 9.75. The Kier molecular flexibility index (Phi) is 3.72. The van der Waals surface area contributed by atoms with Gasteiger partial charge in [-0.1, -0.05) is 24.3 Å². The first kappa shape index (κ1) is 12.3. The second-order valence-electron chi connectivity index (χ2n) is 4.13. The van der Waals surface area contributed by atoms with Crippen LogP contribution in [0.1, 0.15) is 23.6 Å². The number of hydrogen-bond donors (Lipinski definition) is 2. The summed E-state index contributed by atoms with van der Waals surface area (Å²) in [6.07, 6.45) is 0. The fourth-order valence-corrected chi connectivity index (χ4v) is 1.72. The van der Waals surface area contributed by atoms with Crippen LogP contribution in [0.2, 0.25) is 0 Å². The van der Waals surface area contributed by atoms with Crippen molar-refractivity contribution in [1.82, 2.24) is 5.32 Å². The van der Waals surface area contributed by atoms with Crippen LogP contribution in [-0.2, 0) is 0 Å². The highest BCUT2D eigenvalue weighted by Crippen LogP contribution is 2.21. The van der Waals surface area contributed by atoms with E-state index in [1.807, 2.05) is 32.9 Å². The summed E-state index contributed by atoms with van der Waals surface area (Å²) in [5.74, 6) is 0. The van der Waals surface area contributed by atoms with Crippen LogP contribution in [0.15, 0.2) is 24.4 Å². The first-order valence-electron chi connectivity index (χ1n) is 5.21. The number of anilines is 1. The van der Waals surface area contributed by atoms with Crippen LogP contribution in [0.4, 0.5) is 10.5 Å².